The average Bonchev–Trinajstić information content (AvgIpc) is 3.34. The van der Waals surface area contributed by atoms with Crippen LogP contribution in [0.1, 0.15) is 44.4 Å². The number of aryl methyl sites for hydroxylation is 2. The number of amides is 2. The molecular weight excluding hydrogens is 410 g/mol. The van der Waals surface area contributed by atoms with E-state index in [1.165, 1.54) is 11.3 Å². The third kappa shape index (κ3) is 4.94. The molecule has 6 nitrogen and oxygen atoms in total. The van der Waals surface area contributed by atoms with Gasteiger partial charge in [0.15, 0.2) is 5.13 Å². The summed E-state index contributed by atoms with van der Waals surface area (Å²) in [6, 6.07) is 15.2. The summed E-state index contributed by atoms with van der Waals surface area (Å²) in [6.45, 7) is 2.54. The van der Waals surface area contributed by atoms with E-state index in [-0.39, 0.29) is 17.7 Å². The lowest BCUT2D eigenvalue weighted by Gasteiger charge is -2.11. The van der Waals surface area contributed by atoms with E-state index in [2.05, 4.69) is 15.6 Å². The number of nitrogens with zero attached hydrogens (tertiary/aromatic N) is 1. The van der Waals surface area contributed by atoms with Gasteiger partial charge in [0, 0.05) is 17.0 Å². The zero-order valence-electron chi connectivity index (χ0n) is 17.6. The van der Waals surface area contributed by atoms with Crippen LogP contribution in [-0.4, -0.2) is 30.5 Å². The molecule has 0 fully saturated rings. The predicted octanol–water partition coefficient (Wildman–Crippen LogP) is 4.10. The SMILES string of the molecule is COc1cccc(CCNC(=O)[C@H]2CCc3sc(NC(=O)c4ccc(C)cc4)nc32)c1. The fourth-order valence-electron chi connectivity index (χ4n) is 3.69. The fraction of sp³-hybridized carbons (Fsp3) is 0.292. The molecule has 3 aromatic rings. The van der Waals surface area contributed by atoms with Gasteiger partial charge in [-0.05, 0) is 56.0 Å². The minimum Gasteiger partial charge on any atom is -0.497 e. The number of thiazole rings is 1. The van der Waals surface area contributed by atoms with E-state index < -0.39 is 0 Å². The average molecular weight is 436 g/mol. The Bertz CT molecular complexity index is 1090. The summed E-state index contributed by atoms with van der Waals surface area (Å²) >= 11 is 1.46. The molecule has 0 radical (unpaired) electrons. The van der Waals surface area contributed by atoms with Crippen molar-refractivity contribution in [2.75, 3.05) is 19.0 Å². The number of ether oxygens (including phenoxy) is 1. The third-order valence-corrected chi connectivity index (χ3v) is 6.46. The highest BCUT2D eigenvalue weighted by molar-refractivity contribution is 7.16. The van der Waals surface area contributed by atoms with Gasteiger partial charge in [-0.3, -0.25) is 14.9 Å². The molecule has 0 unspecified atom stereocenters. The van der Waals surface area contributed by atoms with Crippen LogP contribution >= 0.6 is 11.3 Å². The van der Waals surface area contributed by atoms with E-state index in [1.54, 1.807) is 19.2 Å². The van der Waals surface area contributed by atoms with Gasteiger partial charge in [0.25, 0.3) is 5.91 Å². The Labute approximate surface area is 185 Å². The van der Waals surface area contributed by atoms with Crippen LogP contribution < -0.4 is 15.4 Å². The molecule has 7 heteroatoms. The summed E-state index contributed by atoms with van der Waals surface area (Å²) in [5.74, 6) is 0.351. The number of nitrogens with one attached hydrogen (secondary N) is 2. The zero-order valence-corrected chi connectivity index (χ0v) is 18.4. The highest BCUT2D eigenvalue weighted by Gasteiger charge is 2.32. The van der Waals surface area contributed by atoms with Gasteiger partial charge in [-0.25, -0.2) is 4.98 Å². The lowest BCUT2D eigenvalue weighted by molar-refractivity contribution is -0.122. The zero-order chi connectivity index (χ0) is 21.8. The van der Waals surface area contributed by atoms with Crippen molar-refractivity contribution in [3.63, 3.8) is 0 Å². The number of carbonyl (C=O) groups is 2. The van der Waals surface area contributed by atoms with Gasteiger partial charge in [0.1, 0.15) is 5.75 Å². The Balaban J connectivity index is 1.34. The lowest BCUT2D eigenvalue weighted by atomic mass is 10.1. The second kappa shape index (κ2) is 9.31. The van der Waals surface area contributed by atoms with Crippen molar-refractivity contribution in [3.05, 3.63) is 75.8 Å². The molecule has 160 valence electrons. The molecule has 1 heterocycles. The van der Waals surface area contributed by atoms with Crippen LogP contribution in [0.4, 0.5) is 5.13 Å². The van der Waals surface area contributed by atoms with Gasteiger partial charge in [-0.1, -0.05) is 29.8 Å². The van der Waals surface area contributed by atoms with E-state index in [0.29, 0.717) is 17.2 Å². The largest absolute Gasteiger partial charge is 0.497 e. The van der Waals surface area contributed by atoms with Crippen molar-refractivity contribution in [3.8, 4) is 5.75 Å². The summed E-state index contributed by atoms with van der Waals surface area (Å²) in [5, 5.41) is 6.44. The second-order valence-corrected chi connectivity index (χ2v) is 8.72. The minimum absolute atomic E-state index is 0.0108. The monoisotopic (exact) mass is 435 g/mol. The minimum atomic E-state index is -0.262. The molecule has 1 aliphatic rings. The number of aromatic nitrogens is 1. The molecule has 1 atom stereocenters. The predicted molar refractivity (Wildman–Crippen MR) is 122 cm³/mol. The Morgan fingerprint density at radius 3 is 2.77 bits per heavy atom. The van der Waals surface area contributed by atoms with Crippen LogP contribution in [0.3, 0.4) is 0 Å². The van der Waals surface area contributed by atoms with Gasteiger partial charge in [0.05, 0.1) is 18.7 Å². The van der Waals surface area contributed by atoms with Gasteiger partial charge in [-0.15, -0.1) is 11.3 Å². The van der Waals surface area contributed by atoms with Crippen LogP contribution in [0, 0.1) is 6.92 Å². The van der Waals surface area contributed by atoms with Crippen molar-refractivity contribution >= 4 is 28.3 Å². The number of rotatable bonds is 7. The van der Waals surface area contributed by atoms with Gasteiger partial charge < -0.3 is 10.1 Å². The molecule has 2 amide bonds. The number of fused-ring (bicyclic) bond motifs is 1. The van der Waals surface area contributed by atoms with Crippen LogP contribution in [-0.2, 0) is 17.6 Å². The molecule has 0 aliphatic heterocycles. The number of hydrogen-bond acceptors (Lipinski definition) is 5. The standard InChI is InChI=1S/C24H25N3O3S/c1-15-6-8-17(9-7-15)22(28)27-24-26-21-19(10-11-20(21)31-24)23(29)25-13-12-16-4-3-5-18(14-16)30-2/h3-9,14,19H,10-13H2,1-2H3,(H,25,29)(H,26,27,28)/t19-/m0/s1. The highest BCUT2D eigenvalue weighted by Crippen LogP contribution is 2.38. The lowest BCUT2D eigenvalue weighted by Crippen LogP contribution is -2.30. The maximum absolute atomic E-state index is 12.7. The Morgan fingerprint density at radius 2 is 2.00 bits per heavy atom. The van der Waals surface area contributed by atoms with E-state index >= 15 is 0 Å². The number of methoxy groups -OCH3 is 1. The normalized spacial score (nSPS) is 14.7. The molecule has 0 saturated carbocycles. The summed E-state index contributed by atoms with van der Waals surface area (Å²) in [7, 11) is 1.64. The molecule has 0 bridgehead atoms. The van der Waals surface area contributed by atoms with E-state index in [4.69, 9.17) is 4.74 Å². The van der Waals surface area contributed by atoms with Gasteiger partial charge in [0.2, 0.25) is 5.91 Å². The number of benzene rings is 2. The van der Waals surface area contributed by atoms with Crippen molar-refractivity contribution < 1.29 is 14.3 Å². The van der Waals surface area contributed by atoms with Crippen LogP contribution in [0.15, 0.2) is 48.5 Å². The molecule has 1 aromatic heterocycles. The quantitative estimate of drug-likeness (QED) is 0.586. The number of anilines is 1. The summed E-state index contributed by atoms with van der Waals surface area (Å²) in [6.07, 6.45) is 2.30. The fourth-order valence-corrected chi connectivity index (χ4v) is 4.72. The summed E-state index contributed by atoms with van der Waals surface area (Å²) in [4.78, 5) is 30.9. The maximum Gasteiger partial charge on any atom is 0.257 e. The topological polar surface area (TPSA) is 80.3 Å². The Kier molecular flexibility index (Phi) is 6.32. The smallest absolute Gasteiger partial charge is 0.257 e. The van der Waals surface area contributed by atoms with Gasteiger partial charge in [-0.2, -0.15) is 0 Å². The first-order valence-corrected chi connectivity index (χ1v) is 11.1. The van der Waals surface area contributed by atoms with Crippen molar-refractivity contribution in [2.45, 2.75) is 32.1 Å². The summed E-state index contributed by atoms with van der Waals surface area (Å²) < 4.78 is 5.24. The molecule has 0 saturated heterocycles. The number of carbonyl (C=O) groups excluding carboxylic acids is 2. The van der Waals surface area contributed by atoms with Crippen LogP contribution in [0.25, 0.3) is 0 Å². The molecular formula is C24H25N3O3S. The van der Waals surface area contributed by atoms with Crippen molar-refractivity contribution in [2.24, 2.45) is 0 Å². The Hall–Kier alpha value is -3.19. The van der Waals surface area contributed by atoms with Crippen molar-refractivity contribution in [1.82, 2.24) is 10.3 Å². The molecule has 0 spiro atoms. The first-order chi connectivity index (χ1) is 15.0. The molecule has 2 aromatic carbocycles. The van der Waals surface area contributed by atoms with E-state index in [9.17, 15) is 9.59 Å². The molecule has 2 N–H and O–H groups in total. The Morgan fingerprint density at radius 1 is 1.19 bits per heavy atom. The number of hydrogen-bond donors (Lipinski definition) is 2. The molecule has 31 heavy (non-hydrogen) atoms. The highest BCUT2D eigenvalue weighted by atomic mass is 32.1. The molecule has 1 aliphatic carbocycles. The molecule has 4 rings (SSSR count). The summed E-state index contributed by atoms with van der Waals surface area (Å²) in [5.41, 5.74) is 3.60. The van der Waals surface area contributed by atoms with E-state index in [1.807, 2.05) is 43.3 Å². The first-order valence-electron chi connectivity index (χ1n) is 10.3. The maximum atomic E-state index is 12.7. The first kappa shape index (κ1) is 21.1. The van der Waals surface area contributed by atoms with Crippen LogP contribution in [0.5, 0.6) is 5.75 Å². The third-order valence-electron chi connectivity index (χ3n) is 5.42. The van der Waals surface area contributed by atoms with Crippen LogP contribution in [0.2, 0.25) is 0 Å². The second-order valence-electron chi connectivity index (χ2n) is 7.63. The van der Waals surface area contributed by atoms with E-state index in [0.717, 1.165) is 46.7 Å². The van der Waals surface area contributed by atoms with Crippen molar-refractivity contribution in [1.29, 1.82) is 0 Å². The van der Waals surface area contributed by atoms with Gasteiger partial charge >= 0.3 is 0 Å².